The number of amides is 1. The first-order valence-electron chi connectivity index (χ1n) is 6.01. The van der Waals surface area contributed by atoms with Crippen molar-refractivity contribution in [3.05, 3.63) is 53.0 Å². The Morgan fingerprint density at radius 3 is 2.50 bits per heavy atom. The zero-order valence-electron chi connectivity index (χ0n) is 11.4. The van der Waals surface area contributed by atoms with Crippen LogP contribution in [0.3, 0.4) is 0 Å². The molecule has 0 bridgehead atoms. The van der Waals surface area contributed by atoms with E-state index < -0.39 is 0 Å². The first-order valence-corrected chi connectivity index (χ1v) is 6.01. The minimum Gasteiger partial charge on any atom is -0.359 e. The second-order valence-corrected chi connectivity index (χ2v) is 4.12. The lowest BCUT2D eigenvalue weighted by molar-refractivity contribution is -0.116. The Balaban J connectivity index is 3.04. The number of aryl methyl sites for hydroxylation is 2. The Kier molecular flexibility index (Phi) is 5.18. The van der Waals surface area contributed by atoms with E-state index in [4.69, 9.17) is 0 Å². The minimum absolute atomic E-state index is 0.113. The molecule has 0 fully saturated rings. The number of carbonyl (C=O) groups excluding carboxylic acids is 1. The Morgan fingerprint density at radius 1 is 1.28 bits per heavy atom. The average molecular weight is 244 g/mol. The Morgan fingerprint density at radius 2 is 2.00 bits per heavy atom. The van der Waals surface area contributed by atoms with Gasteiger partial charge in [0.25, 0.3) is 5.91 Å². The third-order valence-corrected chi connectivity index (χ3v) is 2.48. The van der Waals surface area contributed by atoms with Gasteiger partial charge >= 0.3 is 0 Å². The van der Waals surface area contributed by atoms with Crippen molar-refractivity contribution in [1.82, 2.24) is 10.3 Å². The molecule has 3 nitrogen and oxygen atoms in total. The first kappa shape index (κ1) is 14.0. The van der Waals surface area contributed by atoms with Gasteiger partial charge in [-0.15, -0.1) is 0 Å². The molecule has 0 radical (unpaired) electrons. The number of nitrogens with one attached hydrogen (secondary N) is 2. The van der Waals surface area contributed by atoms with Gasteiger partial charge in [-0.3, -0.25) is 4.79 Å². The summed E-state index contributed by atoms with van der Waals surface area (Å²) in [6, 6.07) is 2.06. The van der Waals surface area contributed by atoms with Crippen LogP contribution in [-0.4, -0.2) is 10.9 Å². The standard InChI is InChI=1S/C15H20N2O/c1-5-7-13(15(18)16-8-6-2)10-14-11(3)9-12(4)17-14/h5-10,17H,1-4H3,(H,16,18)/b7-5+,8-6+,13-10-. The molecular weight excluding hydrogens is 224 g/mol. The van der Waals surface area contributed by atoms with E-state index >= 15 is 0 Å². The van der Waals surface area contributed by atoms with Gasteiger partial charge in [0.2, 0.25) is 0 Å². The van der Waals surface area contributed by atoms with Gasteiger partial charge in [-0.2, -0.15) is 0 Å². The molecule has 0 aliphatic heterocycles. The second kappa shape index (κ2) is 6.64. The van der Waals surface area contributed by atoms with E-state index in [0.717, 1.165) is 17.0 Å². The maximum atomic E-state index is 11.9. The topological polar surface area (TPSA) is 44.9 Å². The maximum Gasteiger partial charge on any atom is 0.255 e. The quantitative estimate of drug-likeness (QED) is 0.620. The summed E-state index contributed by atoms with van der Waals surface area (Å²) >= 11 is 0. The van der Waals surface area contributed by atoms with Crippen molar-refractivity contribution in [2.75, 3.05) is 0 Å². The van der Waals surface area contributed by atoms with Gasteiger partial charge in [-0.25, -0.2) is 0 Å². The monoisotopic (exact) mass is 244 g/mol. The molecule has 0 saturated heterocycles. The molecule has 0 aliphatic carbocycles. The van der Waals surface area contributed by atoms with Crippen molar-refractivity contribution >= 4 is 12.0 Å². The van der Waals surface area contributed by atoms with Gasteiger partial charge in [-0.1, -0.05) is 18.2 Å². The predicted octanol–water partition coefficient (Wildman–Crippen LogP) is 3.24. The van der Waals surface area contributed by atoms with Crippen molar-refractivity contribution in [3.63, 3.8) is 0 Å². The van der Waals surface area contributed by atoms with Crippen molar-refractivity contribution in [2.45, 2.75) is 27.7 Å². The zero-order chi connectivity index (χ0) is 13.5. The van der Waals surface area contributed by atoms with E-state index in [9.17, 15) is 4.79 Å². The summed E-state index contributed by atoms with van der Waals surface area (Å²) < 4.78 is 0. The summed E-state index contributed by atoms with van der Waals surface area (Å²) in [5, 5.41) is 2.71. The van der Waals surface area contributed by atoms with Crippen molar-refractivity contribution < 1.29 is 4.79 Å². The predicted molar refractivity (Wildman–Crippen MR) is 76.0 cm³/mol. The summed E-state index contributed by atoms with van der Waals surface area (Å²) in [6.07, 6.45) is 8.93. The van der Waals surface area contributed by atoms with E-state index in [1.807, 2.05) is 39.8 Å². The summed E-state index contributed by atoms with van der Waals surface area (Å²) in [7, 11) is 0. The normalized spacial score (nSPS) is 12.6. The van der Waals surface area contributed by atoms with Crippen molar-refractivity contribution in [3.8, 4) is 0 Å². The lowest BCUT2D eigenvalue weighted by Gasteiger charge is -2.01. The largest absolute Gasteiger partial charge is 0.359 e. The third-order valence-electron chi connectivity index (χ3n) is 2.48. The molecule has 1 aromatic heterocycles. The molecular formula is C15H20N2O. The highest BCUT2D eigenvalue weighted by Crippen LogP contribution is 2.14. The Hall–Kier alpha value is -2.03. The van der Waals surface area contributed by atoms with Crippen LogP contribution in [0, 0.1) is 13.8 Å². The molecule has 0 aliphatic rings. The van der Waals surface area contributed by atoms with E-state index in [1.54, 1.807) is 18.4 Å². The van der Waals surface area contributed by atoms with Gasteiger partial charge < -0.3 is 10.3 Å². The SMILES string of the molecule is C/C=C/NC(=O)C(=C\c1[nH]c(C)cc1C)/C=C/C. The number of allylic oxidation sites excluding steroid dienone is 2. The van der Waals surface area contributed by atoms with E-state index in [1.165, 1.54) is 0 Å². The fourth-order valence-corrected chi connectivity index (χ4v) is 1.67. The lowest BCUT2D eigenvalue weighted by atomic mass is 10.1. The molecule has 1 heterocycles. The van der Waals surface area contributed by atoms with Crippen molar-refractivity contribution in [1.29, 1.82) is 0 Å². The second-order valence-electron chi connectivity index (χ2n) is 4.12. The first-order chi connectivity index (χ1) is 8.58. The summed E-state index contributed by atoms with van der Waals surface area (Å²) in [5.41, 5.74) is 3.82. The Bertz CT molecular complexity index is 505. The number of aromatic nitrogens is 1. The molecule has 0 atom stereocenters. The minimum atomic E-state index is -0.113. The highest BCUT2D eigenvalue weighted by atomic mass is 16.1. The van der Waals surface area contributed by atoms with Crippen LogP contribution in [0.2, 0.25) is 0 Å². The van der Waals surface area contributed by atoms with Crippen LogP contribution in [0.5, 0.6) is 0 Å². The van der Waals surface area contributed by atoms with Gasteiger partial charge in [0.1, 0.15) is 0 Å². The lowest BCUT2D eigenvalue weighted by Crippen LogP contribution is -2.18. The van der Waals surface area contributed by atoms with Crippen LogP contribution in [0.1, 0.15) is 30.8 Å². The highest BCUT2D eigenvalue weighted by Gasteiger charge is 2.06. The smallest absolute Gasteiger partial charge is 0.255 e. The van der Waals surface area contributed by atoms with Gasteiger partial charge in [0, 0.05) is 17.0 Å². The van der Waals surface area contributed by atoms with Gasteiger partial charge in [-0.05, 0) is 51.6 Å². The van der Waals surface area contributed by atoms with Gasteiger partial charge in [0.05, 0.1) is 0 Å². The number of aromatic amines is 1. The number of H-pyrrole nitrogens is 1. The van der Waals surface area contributed by atoms with Crippen LogP contribution >= 0.6 is 0 Å². The van der Waals surface area contributed by atoms with Crippen LogP contribution in [0.25, 0.3) is 6.08 Å². The fourth-order valence-electron chi connectivity index (χ4n) is 1.67. The molecule has 0 unspecified atom stereocenters. The fraction of sp³-hybridized carbons (Fsp3) is 0.267. The van der Waals surface area contributed by atoms with Crippen LogP contribution in [0.15, 0.2) is 36.1 Å². The molecule has 18 heavy (non-hydrogen) atoms. The summed E-state index contributed by atoms with van der Waals surface area (Å²) in [5.74, 6) is -0.113. The molecule has 1 amide bonds. The molecule has 1 aromatic rings. The molecule has 3 heteroatoms. The zero-order valence-corrected chi connectivity index (χ0v) is 11.4. The van der Waals surface area contributed by atoms with E-state index in [-0.39, 0.29) is 5.91 Å². The van der Waals surface area contributed by atoms with Crippen LogP contribution in [-0.2, 0) is 4.79 Å². The van der Waals surface area contributed by atoms with Crippen LogP contribution in [0.4, 0.5) is 0 Å². The van der Waals surface area contributed by atoms with Gasteiger partial charge in [0.15, 0.2) is 0 Å². The average Bonchev–Trinajstić information content (AvgIpc) is 2.64. The Labute approximate surface area is 108 Å². The molecule has 2 N–H and O–H groups in total. The number of rotatable bonds is 4. The molecule has 0 spiro atoms. The molecule has 96 valence electrons. The van der Waals surface area contributed by atoms with Crippen molar-refractivity contribution in [2.24, 2.45) is 0 Å². The third kappa shape index (κ3) is 3.77. The number of hydrogen-bond donors (Lipinski definition) is 2. The molecule has 0 aromatic carbocycles. The highest BCUT2D eigenvalue weighted by molar-refractivity contribution is 6.01. The summed E-state index contributed by atoms with van der Waals surface area (Å²) in [4.78, 5) is 15.2. The maximum absolute atomic E-state index is 11.9. The number of carbonyl (C=O) groups is 1. The molecule has 0 saturated carbocycles. The number of hydrogen-bond acceptors (Lipinski definition) is 1. The summed E-state index contributed by atoms with van der Waals surface area (Å²) in [6.45, 7) is 7.77. The molecule has 1 rings (SSSR count). The van der Waals surface area contributed by atoms with E-state index in [0.29, 0.717) is 5.57 Å². The van der Waals surface area contributed by atoms with E-state index in [2.05, 4.69) is 16.4 Å². The van der Waals surface area contributed by atoms with Crippen LogP contribution < -0.4 is 5.32 Å².